The lowest BCUT2D eigenvalue weighted by atomic mass is 9.87. The number of unbranched alkanes of at least 4 members (excludes halogenated alkanes) is 1. The van der Waals surface area contributed by atoms with Gasteiger partial charge in [0.25, 0.3) is 0 Å². The normalized spacial score (nSPS) is 18.0. The Morgan fingerprint density at radius 1 is 0.708 bits per heavy atom. The molecule has 0 aliphatic heterocycles. The average Bonchev–Trinajstić information content (AvgIpc) is 2.98. The van der Waals surface area contributed by atoms with Crippen LogP contribution in [0.2, 0.25) is 0 Å². The predicted octanol–water partition coefficient (Wildman–Crippen LogP) is 4.97. The SMILES string of the molecule is CCCC[C@@H](C)[C@@H](OCC[C@@H](CC(=O)O)C(C)=O)[C@H](C[C@@H](C)C[C@H](O)CC[C@@H](O)C[C@H](O)[C@@H](C)CC)OC(=O)C[C@@H](CC(C)=O)C(=O)O. The lowest BCUT2D eigenvalue weighted by molar-refractivity contribution is -0.167. The quantitative estimate of drug-likeness (QED) is 0.0661. The van der Waals surface area contributed by atoms with E-state index in [4.69, 9.17) is 9.47 Å². The Labute approximate surface area is 287 Å². The minimum atomic E-state index is -1.29. The molecule has 0 aromatic carbocycles. The van der Waals surface area contributed by atoms with Crippen molar-refractivity contribution in [1.29, 1.82) is 0 Å². The molecule has 0 saturated carbocycles. The number of carboxylic acid groups (broad SMARTS) is 2. The largest absolute Gasteiger partial charge is 0.481 e. The highest BCUT2D eigenvalue weighted by Gasteiger charge is 2.34. The van der Waals surface area contributed by atoms with Crippen molar-refractivity contribution in [2.75, 3.05) is 6.61 Å². The number of ketones is 2. The van der Waals surface area contributed by atoms with Gasteiger partial charge >= 0.3 is 17.9 Å². The molecule has 0 radical (unpaired) electrons. The van der Waals surface area contributed by atoms with Gasteiger partial charge in [-0.05, 0) is 76.5 Å². The van der Waals surface area contributed by atoms with E-state index < -0.39 is 66.7 Å². The fourth-order valence-electron chi connectivity index (χ4n) is 5.96. The fraction of sp³-hybridized carbons (Fsp3) is 0.861. The van der Waals surface area contributed by atoms with Crippen LogP contribution in [0, 0.1) is 29.6 Å². The van der Waals surface area contributed by atoms with Gasteiger partial charge in [0, 0.05) is 18.9 Å². The van der Waals surface area contributed by atoms with Gasteiger partial charge in [0.15, 0.2) is 0 Å². The lowest BCUT2D eigenvalue weighted by Crippen LogP contribution is -2.41. The van der Waals surface area contributed by atoms with Crippen LogP contribution in [0.25, 0.3) is 0 Å². The number of aliphatic carboxylic acids is 2. The van der Waals surface area contributed by atoms with Crippen LogP contribution in [-0.4, -0.2) is 92.1 Å². The van der Waals surface area contributed by atoms with Gasteiger partial charge in [0.1, 0.15) is 17.7 Å². The molecular formula is C36H64O12. The molecule has 12 nitrogen and oxygen atoms in total. The van der Waals surface area contributed by atoms with E-state index in [0.29, 0.717) is 19.3 Å². The molecule has 0 aliphatic rings. The molecule has 5 N–H and O–H groups in total. The van der Waals surface area contributed by atoms with E-state index in [1.165, 1.54) is 13.8 Å². The summed E-state index contributed by atoms with van der Waals surface area (Å²) in [6.45, 7) is 12.4. The molecule has 0 fully saturated rings. The molecule has 10 atom stereocenters. The fourth-order valence-corrected chi connectivity index (χ4v) is 5.96. The lowest BCUT2D eigenvalue weighted by Gasteiger charge is -2.34. The number of carbonyl (C=O) groups is 5. The Bertz CT molecular complexity index is 969. The minimum absolute atomic E-state index is 0.0339. The van der Waals surface area contributed by atoms with Gasteiger partial charge in [-0.2, -0.15) is 0 Å². The number of aliphatic hydroxyl groups is 3. The van der Waals surface area contributed by atoms with Gasteiger partial charge in [0.05, 0.1) is 43.2 Å². The zero-order valence-corrected chi connectivity index (χ0v) is 30.3. The third kappa shape index (κ3) is 20.2. The third-order valence-electron chi connectivity index (χ3n) is 9.25. The minimum Gasteiger partial charge on any atom is -0.481 e. The Morgan fingerprint density at radius 2 is 1.31 bits per heavy atom. The van der Waals surface area contributed by atoms with Gasteiger partial charge in [0.2, 0.25) is 0 Å². The Balaban J connectivity index is 5.96. The highest BCUT2D eigenvalue weighted by molar-refractivity contribution is 5.85. The van der Waals surface area contributed by atoms with Crippen LogP contribution in [0.1, 0.15) is 132 Å². The molecule has 48 heavy (non-hydrogen) atoms. The number of aliphatic hydroxyl groups excluding tert-OH is 3. The molecule has 12 heteroatoms. The van der Waals surface area contributed by atoms with E-state index in [1.54, 1.807) is 0 Å². The molecule has 0 saturated heterocycles. The molecule has 0 spiro atoms. The summed E-state index contributed by atoms with van der Waals surface area (Å²) >= 11 is 0. The van der Waals surface area contributed by atoms with Crippen LogP contribution in [0.4, 0.5) is 0 Å². The summed E-state index contributed by atoms with van der Waals surface area (Å²) in [4.78, 5) is 59.9. The maximum atomic E-state index is 13.2. The third-order valence-corrected chi connectivity index (χ3v) is 9.25. The average molecular weight is 689 g/mol. The number of esters is 1. The van der Waals surface area contributed by atoms with Crippen molar-refractivity contribution < 1.29 is 59.0 Å². The number of carbonyl (C=O) groups excluding carboxylic acids is 3. The first kappa shape index (κ1) is 45.6. The van der Waals surface area contributed by atoms with Crippen molar-refractivity contribution in [3.8, 4) is 0 Å². The van der Waals surface area contributed by atoms with Crippen LogP contribution in [-0.2, 0) is 33.4 Å². The van der Waals surface area contributed by atoms with E-state index in [1.807, 2.05) is 34.6 Å². The van der Waals surface area contributed by atoms with Crippen molar-refractivity contribution in [3.05, 3.63) is 0 Å². The van der Waals surface area contributed by atoms with Gasteiger partial charge in [-0.15, -0.1) is 0 Å². The first-order chi connectivity index (χ1) is 22.4. The van der Waals surface area contributed by atoms with Gasteiger partial charge in [-0.3, -0.25) is 19.2 Å². The van der Waals surface area contributed by atoms with E-state index in [2.05, 4.69) is 0 Å². The summed E-state index contributed by atoms with van der Waals surface area (Å²) in [6, 6.07) is 0. The van der Waals surface area contributed by atoms with E-state index in [0.717, 1.165) is 25.7 Å². The van der Waals surface area contributed by atoms with Crippen molar-refractivity contribution in [2.45, 2.75) is 162 Å². The maximum absolute atomic E-state index is 13.2. The highest BCUT2D eigenvalue weighted by Crippen LogP contribution is 2.29. The van der Waals surface area contributed by atoms with Crippen LogP contribution in [0.3, 0.4) is 0 Å². The number of ether oxygens (including phenoxy) is 2. The summed E-state index contributed by atoms with van der Waals surface area (Å²) < 4.78 is 12.2. The maximum Gasteiger partial charge on any atom is 0.307 e. The van der Waals surface area contributed by atoms with Crippen LogP contribution in [0.15, 0.2) is 0 Å². The Hall–Kier alpha value is -2.41. The summed E-state index contributed by atoms with van der Waals surface area (Å²) in [5.41, 5.74) is 0. The number of rotatable bonds is 29. The number of Topliss-reactive ketones (excluding diaryl/α,β-unsaturated/α-hetero) is 2. The number of hydrogen-bond donors (Lipinski definition) is 5. The molecule has 0 amide bonds. The second kappa shape index (κ2) is 24.7. The van der Waals surface area contributed by atoms with Crippen molar-refractivity contribution in [2.24, 2.45) is 29.6 Å². The van der Waals surface area contributed by atoms with Gasteiger partial charge < -0.3 is 39.8 Å². The van der Waals surface area contributed by atoms with E-state index in [-0.39, 0.29) is 68.0 Å². The monoisotopic (exact) mass is 688 g/mol. The molecular weight excluding hydrogens is 624 g/mol. The molecule has 0 heterocycles. The number of carboxylic acids is 2. The van der Waals surface area contributed by atoms with Gasteiger partial charge in [-0.25, -0.2) is 0 Å². The van der Waals surface area contributed by atoms with E-state index in [9.17, 15) is 49.5 Å². The first-order valence-electron chi connectivity index (χ1n) is 17.7. The zero-order chi connectivity index (χ0) is 37.0. The topological polar surface area (TPSA) is 205 Å². The molecule has 0 bridgehead atoms. The summed E-state index contributed by atoms with van der Waals surface area (Å²) in [5.74, 6) is -6.09. The van der Waals surface area contributed by atoms with Gasteiger partial charge in [-0.1, -0.05) is 53.9 Å². The molecule has 0 unspecified atom stereocenters. The first-order valence-corrected chi connectivity index (χ1v) is 17.7. The van der Waals surface area contributed by atoms with Crippen molar-refractivity contribution in [1.82, 2.24) is 0 Å². The Morgan fingerprint density at radius 3 is 1.81 bits per heavy atom. The molecule has 0 aliphatic carbocycles. The summed E-state index contributed by atoms with van der Waals surface area (Å²) in [7, 11) is 0. The molecule has 280 valence electrons. The second-order valence-corrected chi connectivity index (χ2v) is 14.0. The van der Waals surface area contributed by atoms with Crippen LogP contribution < -0.4 is 0 Å². The molecule has 0 rings (SSSR count). The number of hydrogen-bond acceptors (Lipinski definition) is 10. The Kier molecular flexibility index (Phi) is 23.4. The molecule has 0 aromatic heterocycles. The standard InChI is InChI=1S/C36H64O12/c1-8-10-11-24(5)35(47-15-14-27(26(7)38)19-33(42)43)32(48-34(44)20-28(36(45)46)18-25(6)37)17-22(3)16-29(39)12-13-30(40)21-31(41)23(4)9-2/h22-24,27-32,35,39-41H,8-21H2,1-7H3,(H,42,43)(H,45,46)/t22-,23-,24+,27-,28+,29+,30+,31-,32-,35+/m0/s1. The summed E-state index contributed by atoms with van der Waals surface area (Å²) in [5, 5.41) is 50.3. The smallest absolute Gasteiger partial charge is 0.307 e. The van der Waals surface area contributed by atoms with Crippen LogP contribution >= 0.6 is 0 Å². The second-order valence-electron chi connectivity index (χ2n) is 14.0. The molecule has 0 aromatic rings. The predicted molar refractivity (Wildman–Crippen MR) is 180 cm³/mol. The van der Waals surface area contributed by atoms with Crippen molar-refractivity contribution >= 4 is 29.5 Å². The summed E-state index contributed by atoms with van der Waals surface area (Å²) in [6.07, 6.45) is -0.0201. The highest BCUT2D eigenvalue weighted by atomic mass is 16.6. The zero-order valence-electron chi connectivity index (χ0n) is 30.3. The van der Waals surface area contributed by atoms with Crippen LogP contribution in [0.5, 0.6) is 0 Å². The van der Waals surface area contributed by atoms with E-state index >= 15 is 0 Å². The van der Waals surface area contributed by atoms with Crippen molar-refractivity contribution in [3.63, 3.8) is 0 Å².